The van der Waals surface area contributed by atoms with E-state index >= 15 is 0 Å². The maximum Gasteiger partial charge on any atom is 0.472 e. The second kappa shape index (κ2) is 57.5. The number of esters is 2. The molecule has 0 aromatic heterocycles. The molecule has 0 saturated carbocycles. The summed E-state index contributed by atoms with van der Waals surface area (Å²) in [6, 6.07) is 0. The molecule has 0 saturated heterocycles. The fraction of sp³-hybridized carbons (Fsp3) is 0.869. The first-order valence-electron chi connectivity index (χ1n) is 30.5. The van der Waals surface area contributed by atoms with Crippen molar-refractivity contribution in [2.45, 2.75) is 315 Å². The topological polar surface area (TPSA) is 134 Å². The summed E-state index contributed by atoms with van der Waals surface area (Å²) >= 11 is 0. The molecule has 0 fully saturated rings. The number of phosphoric ester groups is 1. The number of ether oxygens (including phenoxy) is 2. The molecular weight excluding hydrogens is 906 g/mol. The van der Waals surface area contributed by atoms with E-state index < -0.39 is 26.5 Å². The number of phosphoric acid groups is 1. The summed E-state index contributed by atoms with van der Waals surface area (Å²) in [7, 11) is -4.39. The molecular formula is C61H116NO8P. The highest BCUT2D eigenvalue weighted by atomic mass is 31.2. The van der Waals surface area contributed by atoms with Crippen molar-refractivity contribution < 1.29 is 37.6 Å². The van der Waals surface area contributed by atoms with Crippen molar-refractivity contribution in [1.82, 2.24) is 0 Å². The molecule has 10 heteroatoms. The Bertz CT molecular complexity index is 1260. The van der Waals surface area contributed by atoms with Crippen LogP contribution in [0, 0.1) is 0 Å². The van der Waals surface area contributed by atoms with Crippen LogP contribution in [0.4, 0.5) is 0 Å². The van der Waals surface area contributed by atoms with Crippen LogP contribution in [-0.2, 0) is 32.7 Å². The summed E-state index contributed by atoms with van der Waals surface area (Å²) < 4.78 is 33.0. The number of carbonyl (C=O) groups excluding carboxylic acids is 2. The zero-order valence-corrected chi connectivity index (χ0v) is 47.6. The van der Waals surface area contributed by atoms with Crippen molar-refractivity contribution in [2.75, 3.05) is 26.4 Å². The van der Waals surface area contributed by atoms with E-state index in [1.165, 1.54) is 218 Å². The van der Waals surface area contributed by atoms with Gasteiger partial charge in [0.05, 0.1) is 13.2 Å². The Labute approximate surface area is 439 Å². The number of carbonyl (C=O) groups is 2. The molecule has 0 rings (SSSR count). The minimum Gasteiger partial charge on any atom is -0.462 e. The fourth-order valence-electron chi connectivity index (χ4n) is 8.96. The summed E-state index contributed by atoms with van der Waals surface area (Å²) in [5, 5.41) is 0. The molecule has 418 valence electrons. The number of hydrogen-bond donors (Lipinski definition) is 2. The van der Waals surface area contributed by atoms with Crippen LogP contribution < -0.4 is 5.73 Å². The summed E-state index contributed by atoms with van der Waals surface area (Å²) in [4.78, 5) is 35.1. The second-order valence-electron chi connectivity index (χ2n) is 20.6. The van der Waals surface area contributed by atoms with E-state index in [1.807, 2.05) is 0 Å². The highest BCUT2D eigenvalue weighted by Gasteiger charge is 2.26. The van der Waals surface area contributed by atoms with Crippen molar-refractivity contribution in [3.8, 4) is 0 Å². The largest absolute Gasteiger partial charge is 0.472 e. The van der Waals surface area contributed by atoms with E-state index in [4.69, 9.17) is 24.3 Å². The molecule has 0 radical (unpaired) electrons. The predicted octanol–water partition coefficient (Wildman–Crippen LogP) is 19.2. The van der Waals surface area contributed by atoms with Gasteiger partial charge in [0.1, 0.15) is 6.61 Å². The quantitative estimate of drug-likeness (QED) is 0.0264. The molecule has 0 aromatic rings. The zero-order valence-electron chi connectivity index (χ0n) is 46.7. The Morgan fingerprint density at radius 2 is 0.732 bits per heavy atom. The van der Waals surface area contributed by atoms with Gasteiger partial charge in [-0.25, -0.2) is 4.57 Å². The minimum atomic E-state index is -4.39. The van der Waals surface area contributed by atoms with E-state index in [0.717, 1.165) is 57.8 Å². The first-order chi connectivity index (χ1) is 34.8. The van der Waals surface area contributed by atoms with Gasteiger partial charge in [0.25, 0.3) is 0 Å². The SMILES string of the molecule is CCCCC/C=C\C/C=C\CCCCCCCC(=O)OC(COC(=O)CCCCCCCCCCCCCCCCCCCCCCCCC/C=C\CCCCCCCCCC)COP(=O)(O)OCCN. The normalized spacial score (nSPS) is 13.2. The van der Waals surface area contributed by atoms with E-state index in [0.29, 0.717) is 6.42 Å². The minimum absolute atomic E-state index is 0.0521. The summed E-state index contributed by atoms with van der Waals surface area (Å²) in [5.41, 5.74) is 5.37. The predicted molar refractivity (Wildman–Crippen MR) is 303 cm³/mol. The maximum absolute atomic E-state index is 12.6. The summed E-state index contributed by atoms with van der Waals surface area (Å²) in [6.07, 6.45) is 69.5. The first-order valence-corrected chi connectivity index (χ1v) is 32.0. The van der Waals surface area contributed by atoms with E-state index in [2.05, 4.69) is 50.3 Å². The fourth-order valence-corrected chi connectivity index (χ4v) is 9.72. The zero-order chi connectivity index (χ0) is 51.7. The first kappa shape index (κ1) is 69.2. The lowest BCUT2D eigenvalue weighted by Crippen LogP contribution is -2.29. The van der Waals surface area contributed by atoms with Gasteiger partial charge in [-0.15, -0.1) is 0 Å². The van der Waals surface area contributed by atoms with Crippen molar-refractivity contribution in [1.29, 1.82) is 0 Å². The van der Waals surface area contributed by atoms with Crippen LogP contribution in [0.5, 0.6) is 0 Å². The molecule has 0 heterocycles. The molecule has 0 bridgehead atoms. The van der Waals surface area contributed by atoms with Crippen molar-refractivity contribution in [3.05, 3.63) is 36.5 Å². The lowest BCUT2D eigenvalue weighted by atomic mass is 10.0. The molecule has 9 nitrogen and oxygen atoms in total. The van der Waals surface area contributed by atoms with Gasteiger partial charge in [0, 0.05) is 19.4 Å². The van der Waals surface area contributed by atoms with Gasteiger partial charge in [0.2, 0.25) is 0 Å². The molecule has 2 unspecified atom stereocenters. The van der Waals surface area contributed by atoms with Crippen LogP contribution in [0.1, 0.15) is 309 Å². The van der Waals surface area contributed by atoms with E-state index in [9.17, 15) is 19.0 Å². The Morgan fingerprint density at radius 3 is 1.11 bits per heavy atom. The standard InChI is InChI=1S/C61H116NO8P/c1-3-5-7-9-11-13-15-17-19-20-21-22-23-24-25-26-27-28-29-30-31-32-33-34-35-36-37-38-40-41-43-45-47-49-51-53-60(63)67-57-59(58-69-71(65,66)68-56-55-62)70-61(64)54-52-50-48-46-44-42-39-18-16-14-12-10-8-6-4-2/h12,14,18,20-21,39,59H,3-11,13,15-17,19,22-38,40-58,62H2,1-2H3,(H,65,66)/b14-12-,21-20-,39-18-. The smallest absolute Gasteiger partial charge is 0.462 e. The lowest BCUT2D eigenvalue weighted by molar-refractivity contribution is -0.161. The number of unbranched alkanes of at least 4 members (excludes halogenated alkanes) is 39. The Hall–Kier alpha value is -1.77. The second-order valence-corrected chi connectivity index (χ2v) is 22.0. The number of nitrogens with two attached hydrogens (primary N) is 1. The third-order valence-corrected chi connectivity index (χ3v) is 14.5. The van der Waals surface area contributed by atoms with Crippen LogP contribution >= 0.6 is 7.82 Å². The van der Waals surface area contributed by atoms with Gasteiger partial charge in [-0.2, -0.15) is 0 Å². The molecule has 0 aromatic carbocycles. The van der Waals surface area contributed by atoms with Gasteiger partial charge >= 0.3 is 19.8 Å². The number of rotatable bonds is 58. The number of hydrogen-bond acceptors (Lipinski definition) is 8. The van der Waals surface area contributed by atoms with Crippen molar-refractivity contribution in [3.63, 3.8) is 0 Å². The van der Waals surface area contributed by atoms with Crippen LogP contribution in [0.15, 0.2) is 36.5 Å². The Kier molecular flexibility index (Phi) is 56.1. The molecule has 0 aliphatic rings. The maximum atomic E-state index is 12.6. The van der Waals surface area contributed by atoms with Crippen LogP contribution in [0.3, 0.4) is 0 Å². The number of allylic oxidation sites excluding steroid dienone is 6. The van der Waals surface area contributed by atoms with Gasteiger partial charge in [-0.05, 0) is 70.6 Å². The van der Waals surface area contributed by atoms with Crippen LogP contribution in [-0.4, -0.2) is 49.3 Å². The highest BCUT2D eigenvalue weighted by molar-refractivity contribution is 7.47. The molecule has 0 aliphatic carbocycles. The highest BCUT2D eigenvalue weighted by Crippen LogP contribution is 2.43. The average Bonchev–Trinajstić information content (AvgIpc) is 3.36. The molecule has 3 N–H and O–H groups in total. The van der Waals surface area contributed by atoms with Crippen molar-refractivity contribution in [2.24, 2.45) is 5.73 Å². The van der Waals surface area contributed by atoms with Crippen LogP contribution in [0.2, 0.25) is 0 Å². The van der Waals surface area contributed by atoms with E-state index in [1.54, 1.807) is 0 Å². The van der Waals surface area contributed by atoms with Crippen molar-refractivity contribution >= 4 is 19.8 Å². The Morgan fingerprint density at radius 1 is 0.423 bits per heavy atom. The van der Waals surface area contributed by atoms with Gasteiger partial charge in [0.15, 0.2) is 6.10 Å². The molecule has 71 heavy (non-hydrogen) atoms. The molecule has 2 atom stereocenters. The van der Waals surface area contributed by atoms with Gasteiger partial charge < -0.3 is 20.1 Å². The van der Waals surface area contributed by atoms with E-state index in [-0.39, 0.29) is 38.6 Å². The molecule has 0 aliphatic heterocycles. The third kappa shape index (κ3) is 57.4. The lowest BCUT2D eigenvalue weighted by Gasteiger charge is -2.19. The van der Waals surface area contributed by atoms with Crippen LogP contribution in [0.25, 0.3) is 0 Å². The molecule has 0 spiro atoms. The van der Waals surface area contributed by atoms with Gasteiger partial charge in [-0.1, -0.05) is 262 Å². The summed E-state index contributed by atoms with van der Waals surface area (Å²) in [5.74, 6) is -0.831. The average molecular weight is 1020 g/mol. The molecule has 0 amide bonds. The summed E-state index contributed by atoms with van der Waals surface area (Å²) in [6.45, 7) is 3.74. The third-order valence-electron chi connectivity index (χ3n) is 13.5. The van der Waals surface area contributed by atoms with Gasteiger partial charge in [-0.3, -0.25) is 18.6 Å². The Balaban J connectivity index is 3.79. The monoisotopic (exact) mass is 1020 g/mol.